The number of nitrogens with one attached hydrogen (secondary N) is 1. The van der Waals surface area contributed by atoms with Crippen LogP contribution in [0.1, 0.15) is 42.5 Å². The van der Waals surface area contributed by atoms with E-state index in [-0.39, 0.29) is 17.6 Å². The smallest absolute Gasteiger partial charge is 0.318 e. The van der Waals surface area contributed by atoms with E-state index in [0.717, 1.165) is 30.0 Å². The molecule has 134 valence electrons. The molecule has 0 spiro atoms. The number of aromatic nitrogens is 2. The first-order valence-corrected chi connectivity index (χ1v) is 8.70. The number of carbonyl (C=O) groups excluding carboxylic acids is 1. The summed E-state index contributed by atoms with van der Waals surface area (Å²) in [4.78, 5) is 26.1. The van der Waals surface area contributed by atoms with E-state index in [2.05, 4.69) is 10.5 Å². The molecule has 0 aromatic carbocycles. The summed E-state index contributed by atoms with van der Waals surface area (Å²) in [6.07, 6.45) is 2.55. The lowest BCUT2D eigenvalue weighted by molar-refractivity contribution is 0.182. The lowest BCUT2D eigenvalue weighted by atomic mass is 10.1. The van der Waals surface area contributed by atoms with Crippen molar-refractivity contribution in [3.8, 4) is 0 Å². The van der Waals surface area contributed by atoms with Crippen LogP contribution in [0.25, 0.3) is 0 Å². The topological polar surface area (TPSA) is 80.4 Å². The van der Waals surface area contributed by atoms with Gasteiger partial charge in [-0.15, -0.1) is 0 Å². The van der Waals surface area contributed by atoms with Gasteiger partial charge in [0, 0.05) is 37.5 Å². The van der Waals surface area contributed by atoms with Gasteiger partial charge in [-0.2, -0.15) is 0 Å². The average Bonchev–Trinajstić information content (AvgIpc) is 3.22. The van der Waals surface area contributed by atoms with Crippen LogP contribution >= 0.6 is 0 Å². The Balaban J connectivity index is 1.51. The molecule has 1 N–H and O–H groups in total. The Morgan fingerprint density at radius 1 is 1.40 bits per heavy atom. The second kappa shape index (κ2) is 7.55. The van der Waals surface area contributed by atoms with E-state index in [1.54, 1.807) is 21.6 Å². The third-order valence-electron chi connectivity index (χ3n) is 4.59. The van der Waals surface area contributed by atoms with Crippen molar-refractivity contribution in [1.29, 1.82) is 0 Å². The highest BCUT2D eigenvalue weighted by molar-refractivity contribution is 5.75. The number of aryl methyl sites for hydroxylation is 2. The molecule has 1 atom stereocenters. The number of carbonyl (C=O) groups is 1. The Labute approximate surface area is 146 Å². The number of pyridine rings is 1. The number of amides is 2. The fraction of sp³-hybridized carbons (Fsp3) is 0.500. The van der Waals surface area contributed by atoms with E-state index >= 15 is 0 Å². The molecule has 1 aliphatic heterocycles. The largest absolute Gasteiger partial charge is 0.359 e. The molecule has 1 saturated heterocycles. The van der Waals surface area contributed by atoms with E-state index in [1.165, 1.54) is 0 Å². The van der Waals surface area contributed by atoms with E-state index < -0.39 is 0 Å². The van der Waals surface area contributed by atoms with Crippen molar-refractivity contribution in [1.82, 2.24) is 19.9 Å². The monoisotopic (exact) mass is 344 g/mol. The van der Waals surface area contributed by atoms with Crippen LogP contribution in [0.5, 0.6) is 0 Å². The van der Waals surface area contributed by atoms with Crippen molar-refractivity contribution in [3.05, 3.63) is 51.8 Å². The number of likely N-dealkylation sites (tertiary alicyclic amines) is 1. The number of nitrogens with zero attached hydrogens (tertiary/aromatic N) is 3. The Hall–Kier alpha value is -2.57. The van der Waals surface area contributed by atoms with Crippen LogP contribution in [-0.2, 0) is 6.54 Å². The summed E-state index contributed by atoms with van der Waals surface area (Å²) in [6, 6.07) is 6.98. The highest BCUT2D eigenvalue weighted by Gasteiger charge is 2.32. The minimum atomic E-state index is -0.0892. The first-order chi connectivity index (χ1) is 12.1. The van der Waals surface area contributed by atoms with E-state index in [4.69, 9.17) is 4.52 Å². The van der Waals surface area contributed by atoms with E-state index in [9.17, 15) is 9.59 Å². The van der Waals surface area contributed by atoms with Crippen molar-refractivity contribution >= 4 is 6.03 Å². The number of urea groups is 1. The van der Waals surface area contributed by atoms with Gasteiger partial charge in [0.05, 0.1) is 11.7 Å². The molecule has 1 fully saturated rings. The Kier molecular flexibility index (Phi) is 5.21. The molecule has 25 heavy (non-hydrogen) atoms. The minimum Gasteiger partial charge on any atom is -0.359 e. The number of hydrogen-bond donors (Lipinski definition) is 1. The van der Waals surface area contributed by atoms with E-state index in [0.29, 0.717) is 26.1 Å². The van der Waals surface area contributed by atoms with Crippen LogP contribution < -0.4 is 10.9 Å². The third-order valence-corrected chi connectivity index (χ3v) is 4.59. The van der Waals surface area contributed by atoms with Crippen molar-refractivity contribution in [3.63, 3.8) is 0 Å². The zero-order chi connectivity index (χ0) is 17.8. The Morgan fingerprint density at radius 2 is 2.24 bits per heavy atom. The fourth-order valence-corrected chi connectivity index (χ4v) is 3.29. The van der Waals surface area contributed by atoms with Gasteiger partial charge in [-0.05, 0) is 39.2 Å². The molecule has 2 amide bonds. The van der Waals surface area contributed by atoms with Gasteiger partial charge in [0.15, 0.2) is 5.76 Å². The summed E-state index contributed by atoms with van der Waals surface area (Å²) in [6.45, 7) is 5.62. The van der Waals surface area contributed by atoms with Gasteiger partial charge in [0.2, 0.25) is 0 Å². The standard InChI is InChI=1S/C18H24N4O3/c1-13-12-16(25-20-13)15-7-4-10-22(15)18(24)19-9-5-11-21-14(2)6-3-8-17(21)23/h3,6,8,12,15H,4-5,7,9-11H2,1-2H3,(H,19,24). The Morgan fingerprint density at radius 3 is 2.96 bits per heavy atom. The molecular formula is C18H24N4O3. The van der Waals surface area contributed by atoms with Crippen LogP contribution in [-0.4, -0.2) is 33.7 Å². The molecule has 0 bridgehead atoms. The highest BCUT2D eigenvalue weighted by atomic mass is 16.5. The molecule has 7 nitrogen and oxygen atoms in total. The zero-order valence-electron chi connectivity index (χ0n) is 14.7. The molecule has 0 aliphatic carbocycles. The van der Waals surface area contributed by atoms with Crippen LogP contribution in [0.15, 0.2) is 33.6 Å². The number of rotatable bonds is 5. The van der Waals surface area contributed by atoms with Crippen LogP contribution in [0.4, 0.5) is 4.79 Å². The van der Waals surface area contributed by atoms with Gasteiger partial charge in [-0.3, -0.25) is 4.79 Å². The second-order valence-electron chi connectivity index (χ2n) is 6.46. The number of hydrogen-bond acceptors (Lipinski definition) is 4. The molecule has 3 heterocycles. The van der Waals surface area contributed by atoms with Crippen molar-refractivity contribution in [2.75, 3.05) is 13.1 Å². The molecule has 2 aromatic rings. The second-order valence-corrected chi connectivity index (χ2v) is 6.46. The van der Waals surface area contributed by atoms with Crippen LogP contribution in [0.3, 0.4) is 0 Å². The molecule has 1 unspecified atom stereocenters. The summed E-state index contributed by atoms with van der Waals surface area (Å²) in [5, 5.41) is 6.86. The predicted octanol–water partition coefficient (Wildman–Crippen LogP) is 2.39. The maximum absolute atomic E-state index is 12.5. The predicted molar refractivity (Wildman–Crippen MR) is 93.4 cm³/mol. The van der Waals surface area contributed by atoms with Gasteiger partial charge in [0.1, 0.15) is 0 Å². The average molecular weight is 344 g/mol. The molecule has 7 heteroatoms. The van der Waals surface area contributed by atoms with Crippen molar-refractivity contribution in [2.45, 2.75) is 45.7 Å². The molecule has 3 rings (SSSR count). The van der Waals surface area contributed by atoms with Gasteiger partial charge in [0.25, 0.3) is 5.56 Å². The summed E-state index contributed by atoms with van der Waals surface area (Å²) in [5.74, 6) is 0.747. The van der Waals surface area contributed by atoms with Crippen LogP contribution in [0, 0.1) is 13.8 Å². The summed E-state index contributed by atoms with van der Waals surface area (Å²) >= 11 is 0. The van der Waals surface area contributed by atoms with Gasteiger partial charge in [-0.1, -0.05) is 11.2 Å². The molecule has 2 aromatic heterocycles. The van der Waals surface area contributed by atoms with Crippen molar-refractivity contribution < 1.29 is 9.32 Å². The lowest BCUT2D eigenvalue weighted by Gasteiger charge is -2.23. The molecule has 1 aliphatic rings. The zero-order valence-corrected chi connectivity index (χ0v) is 14.7. The molecule has 0 saturated carbocycles. The lowest BCUT2D eigenvalue weighted by Crippen LogP contribution is -2.40. The van der Waals surface area contributed by atoms with Crippen molar-refractivity contribution in [2.24, 2.45) is 0 Å². The Bertz CT molecular complexity index is 796. The van der Waals surface area contributed by atoms with Gasteiger partial charge < -0.3 is 19.3 Å². The minimum absolute atomic E-state index is 0.00776. The van der Waals surface area contributed by atoms with Gasteiger partial charge >= 0.3 is 6.03 Å². The fourth-order valence-electron chi connectivity index (χ4n) is 3.29. The summed E-state index contributed by atoms with van der Waals surface area (Å²) in [5.41, 5.74) is 1.75. The summed E-state index contributed by atoms with van der Waals surface area (Å²) < 4.78 is 7.05. The first-order valence-electron chi connectivity index (χ1n) is 8.70. The van der Waals surface area contributed by atoms with Crippen LogP contribution in [0.2, 0.25) is 0 Å². The maximum Gasteiger partial charge on any atom is 0.318 e. The highest BCUT2D eigenvalue weighted by Crippen LogP contribution is 2.32. The quantitative estimate of drug-likeness (QED) is 0.845. The summed E-state index contributed by atoms with van der Waals surface area (Å²) in [7, 11) is 0. The third kappa shape index (κ3) is 3.92. The molecular weight excluding hydrogens is 320 g/mol. The SMILES string of the molecule is Cc1cc(C2CCCN2C(=O)NCCCn2c(C)cccc2=O)on1. The maximum atomic E-state index is 12.5. The van der Waals surface area contributed by atoms with Gasteiger partial charge in [-0.25, -0.2) is 4.79 Å². The normalized spacial score (nSPS) is 17.0. The first kappa shape index (κ1) is 17.3. The van der Waals surface area contributed by atoms with E-state index in [1.807, 2.05) is 26.0 Å². The molecule has 0 radical (unpaired) electrons.